The van der Waals surface area contributed by atoms with Crippen molar-refractivity contribution in [2.24, 2.45) is 22.2 Å². The van der Waals surface area contributed by atoms with Crippen molar-refractivity contribution < 1.29 is 14.0 Å². The predicted molar refractivity (Wildman–Crippen MR) is 150 cm³/mol. The number of nitrogens with one attached hydrogen (secondary N) is 1. The fourth-order valence-corrected chi connectivity index (χ4v) is 6.06. The van der Waals surface area contributed by atoms with Gasteiger partial charge in [-0.1, -0.05) is 46.8 Å². The summed E-state index contributed by atoms with van der Waals surface area (Å²) >= 11 is 0. The Kier molecular flexibility index (Phi) is 8.01. The third kappa shape index (κ3) is 5.50. The fourth-order valence-electron chi connectivity index (χ4n) is 6.06. The zero-order valence-electron chi connectivity index (χ0n) is 23.4. The minimum absolute atomic E-state index is 0.109. The normalized spacial score (nSPS) is 22.6. The van der Waals surface area contributed by atoms with E-state index in [1.54, 1.807) is 12.1 Å². The first kappa shape index (κ1) is 27.9. The van der Waals surface area contributed by atoms with E-state index >= 15 is 0 Å². The quantitative estimate of drug-likeness (QED) is 0.413. The molecule has 1 fully saturated rings. The van der Waals surface area contributed by atoms with E-state index < -0.39 is 5.66 Å². The van der Waals surface area contributed by atoms with E-state index in [0.29, 0.717) is 35.7 Å². The Morgan fingerprint density at radius 1 is 1.11 bits per heavy atom. The number of hydrogen-bond acceptors (Lipinski definition) is 3. The standard InChI is InChI=1S/C32H40FN3O2/c1-7-20-34-29(37)24-10-8-23(9-11-24)28(21(2)3)36-30(38)27(22-12-14-26(33)15-13-22)35-32(36)18-16-25(17-19-32)31(4,5)6/h8-15,21,25,28H,1,7,16-20H2,2-6H3/p+1. The second kappa shape index (κ2) is 10.9. The van der Waals surface area contributed by atoms with Crippen LogP contribution >= 0.6 is 0 Å². The van der Waals surface area contributed by atoms with E-state index in [2.05, 4.69) is 46.9 Å². The van der Waals surface area contributed by atoms with Gasteiger partial charge in [-0.2, -0.15) is 0 Å². The van der Waals surface area contributed by atoms with E-state index in [4.69, 9.17) is 4.99 Å². The molecular weight excluding hydrogens is 477 g/mol. The highest BCUT2D eigenvalue weighted by Gasteiger charge is 2.53. The Bertz CT molecular complexity index is 1170. The maximum absolute atomic E-state index is 14.2. The number of benzene rings is 2. The molecule has 202 valence electrons. The summed E-state index contributed by atoms with van der Waals surface area (Å²) in [5.74, 6) is 0.101. The molecule has 2 aromatic rings. The third-order valence-corrected chi connectivity index (χ3v) is 8.20. The number of carbonyl (C=O) groups is 2. The molecule has 0 bridgehead atoms. The lowest BCUT2D eigenvalue weighted by atomic mass is 9.69. The minimum Gasteiger partial charge on any atom is -0.348 e. The van der Waals surface area contributed by atoms with Crippen molar-refractivity contribution in [3.8, 4) is 0 Å². The van der Waals surface area contributed by atoms with E-state index in [0.717, 1.165) is 31.2 Å². The van der Waals surface area contributed by atoms with E-state index in [1.807, 2.05) is 29.2 Å². The Hall–Kier alpha value is -3.15. The zero-order chi connectivity index (χ0) is 27.7. The molecule has 1 spiro atoms. The van der Waals surface area contributed by atoms with Crippen LogP contribution < -0.4 is 5.32 Å². The van der Waals surface area contributed by atoms with Gasteiger partial charge in [0, 0.05) is 11.1 Å². The van der Waals surface area contributed by atoms with Crippen LogP contribution in [-0.4, -0.2) is 34.6 Å². The maximum atomic E-state index is 14.2. The number of amides is 2. The van der Waals surface area contributed by atoms with Gasteiger partial charge >= 0.3 is 0 Å². The molecule has 2 amide bonds. The summed E-state index contributed by atoms with van der Waals surface area (Å²) in [6.45, 7) is 15.4. The van der Waals surface area contributed by atoms with Crippen LogP contribution in [0.3, 0.4) is 0 Å². The van der Waals surface area contributed by atoms with Gasteiger partial charge < -0.3 is 10.2 Å². The molecule has 2 aliphatic rings. The summed E-state index contributed by atoms with van der Waals surface area (Å²) in [6.07, 6.45) is 4.19. The van der Waals surface area contributed by atoms with Crippen LogP contribution in [0.1, 0.15) is 94.2 Å². The van der Waals surface area contributed by atoms with Crippen molar-refractivity contribution in [2.75, 3.05) is 6.54 Å². The van der Waals surface area contributed by atoms with Gasteiger partial charge in [-0.3, -0.25) is 14.6 Å². The SMILES string of the molecule is [CH2+]CCNC(=O)c1ccc(C(C(C)C)N2C(=O)C(c3ccc(F)cc3)=NC23CCC(C(C)(C)C)CC3)cc1. The zero-order valence-corrected chi connectivity index (χ0v) is 23.4. The molecule has 0 aromatic heterocycles. The Morgan fingerprint density at radius 2 is 1.71 bits per heavy atom. The Labute approximate surface area is 226 Å². The number of nitrogens with zero attached hydrogens (tertiary/aromatic N) is 2. The van der Waals surface area contributed by atoms with Crippen molar-refractivity contribution in [2.45, 2.75) is 78.4 Å². The second-order valence-electron chi connectivity index (χ2n) is 12.2. The molecule has 2 aromatic carbocycles. The van der Waals surface area contributed by atoms with E-state index in [-0.39, 0.29) is 35.0 Å². The highest BCUT2D eigenvalue weighted by atomic mass is 19.1. The molecule has 1 aliphatic heterocycles. The first-order valence-corrected chi connectivity index (χ1v) is 13.8. The first-order chi connectivity index (χ1) is 18.0. The molecule has 6 heteroatoms. The van der Waals surface area contributed by atoms with Crippen LogP contribution in [0.25, 0.3) is 0 Å². The molecule has 1 saturated carbocycles. The number of carbonyl (C=O) groups excluding carboxylic acids is 2. The fraction of sp³-hybridized carbons (Fsp3) is 0.500. The maximum Gasteiger partial charge on any atom is 0.275 e. The highest BCUT2D eigenvalue weighted by Crippen LogP contribution is 2.50. The minimum atomic E-state index is -0.637. The summed E-state index contributed by atoms with van der Waals surface area (Å²) in [5.41, 5.74) is 2.18. The summed E-state index contributed by atoms with van der Waals surface area (Å²) in [5, 5.41) is 2.86. The van der Waals surface area contributed by atoms with Crippen molar-refractivity contribution in [3.05, 3.63) is 78.0 Å². The molecule has 5 nitrogen and oxygen atoms in total. The third-order valence-electron chi connectivity index (χ3n) is 8.20. The van der Waals surface area contributed by atoms with Crippen molar-refractivity contribution in [3.63, 3.8) is 0 Å². The van der Waals surface area contributed by atoms with Crippen molar-refractivity contribution >= 4 is 17.5 Å². The summed E-state index contributed by atoms with van der Waals surface area (Å²) in [4.78, 5) is 33.8. The van der Waals surface area contributed by atoms with E-state index in [1.165, 1.54) is 12.1 Å². The van der Waals surface area contributed by atoms with Crippen LogP contribution in [0.4, 0.5) is 4.39 Å². The van der Waals surface area contributed by atoms with Gasteiger partial charge in [-0.15, -0.1) is 0 Å². The molecule has 1 atom stereocenters. The van der Waals surface area contributed by atoms with Gasteiger partial charge in [0.25, 0.3) is 11.8 Å². The molecule has 4 rings (SSSR count). The van der Waals surface area contributed by atoms with Crippen LogP contribution in [0.15, 0.2) is 53.5 Å². The highest BCUT2D eigenvalue weighted by molar-refractivity contribution is 6.46. The molecule has 0 radical (unpaired) electrons. The number of hydrogen-bond donors (Lipinski definition) is 1. The largest absolute Gasteiger partial charge is 0.348 e. The van der Waals surface area contributed by atoms with Crippen molar-refractivity contribution in [1.82, 2.24) is 10.2 Å². The molecule has 1 N–H and O–H groups in total. The topological polar surface area (TPSA) is 61.8 Å². The molecular formula is C32H41FN3O2+. The van der Waals surface area contributed by atoms with Gasteiger partial charge in [0.2, 0.25) is 0 Å². The summed E-state index contributed by atoms with van der Waals surface area (Å²) in [7, 11) is 0. The van der Waals surface area contributed by atoms with Gasteiger partial charge in [-0.05, 0) is 84.9 Å². The molecule has 38 heavy (non-hydrogen) atoms. The smallest absolute Gasteiger partial charge is 0.275 e. The molecule has 1 heterocycles. The number of aliphatic imine (C=N–C) groups is 1. The lowest BCUT2D eigenvalue weighted by Crippen LogP contribution is -2.52. The lowest BCUT2D eigenvalue weighted by molar-refractivity contribution is -0.135. The van der Waals surface area contributed by atoms with Crippen molar-refractivity contribution in [1.29, 1.82) is 0 Å². The van der Waals surface area contributed by atoms with Gasteiger partial charge in [0.15, 0.2) is 0 Å². The molecule has 1 unspecified atom stereocenters. The average molecular weight is 519 g/mol. The van der Waals surface area contributed by atoms with Gasteiger partial charge in [0.1, 0.15) is 23.6 Å². The van der Waals surface area contributed by atoms with Crippen LogP contribution in [0.5, 0.6) is 0 Å². The number of rotatable bonds is 7. The summed E-state index contributed by atoms with van der Waals surface area (Å²) in [6, 6.07) is 13.4. The van der Waals surface area contributed by atoms with E-state index in [9.17, 15) is 14.0 Å². The number of halogens is 1. The molecule has 1 aliphatic carbocycles. The lowest BCUT2D eigenvalue weighted by Gasteiger charge is -2.48. The Balaban J connectivity index is 1.72. The van der Waals surface area contributed by atoms with Gasteiger partial charge in [0.05, 0.1) is 19.5 Å². The molecule has 0 saturated heterocycles. The van der Waals surface area contributed by atoms with Crippen LogP contribution in [0.2, 0.25) is 0 Å². The van der Waals surface area contributed by atoms with Crippen LogP contribution in [0, 0.1) is 30.0 Å². The predicted octanol–water partition coefficient (Wildman–Crippen LogP) is 6.74. The van der Waals surface area contributed by atoms with Gasteiger partial charge in [-0.25, -0.2) is 4.39 Å². The average Bonchev–Trinajstić information content (AvgIpc) is 3.14. The van der Waals surface area contributed by atoms with Crippen LogP contribution in [-0.2, 0) is 4.79 Å². The first-order valence-electron chi connectivity index (χ1n) is 13.8. The summed E-state index contributed by atoms with van der Waals surface area (Å²) < 4.78 is 13.7. The monoisotopic (exact) mass is 518 g/mol. The second-order valence-corrected chi connectivity index (χ2v) is 12.2. The Morgan fingerprint density at radius 3 is 2.24 bits per heavy atom.